The fourth-order valence-corrected chi connectivity index (χ4v) is 1.32. The van der Waals surface area contributed by atoms with Crippen molar-refractivity contribution in [1.82, 2.24) is 4.98 Å². The van der Waals surface area contributed by atoms with Crippen LogP contribution in [0.1, 0.15) is 17.6 Å². The summed E-state index contributed by atoms with van der Waals surface area (Å²) in [6.45, 7) is 0. The molecule has 1 aromatic heterocycles. The first kappa shape index (κ1) is 11.0. The Morgan fingerprint density at radius 2 is 2.29 bits per heavy atom. The predicted octanol–water partition coefficient (Wildman–Crippen LogP) is 2.35. The normalized spacial score (nSPS) is 10.6. The van der Waals surface area contributed by atoms with Gasteiger partial charge in [0.1, 0.15) is 5.82 Å². The molecule has 14 heavy (non-hydrogen) atoms. The number of nitrogen functional groups attached to an aromatic ring is 1. The highest BCUT2D eigenvalue weighted by molar-refractivity contribution is 6.17. The number of anilines is 1. The Hall–Kier alpha value is -1.10. The van der Waals surface area contributed by atoms with E-state index in [0.29, 0.717) is 0 Å². The Morgan fingerprint density at radius 1 is 1.64 bits per heavy atom. The van der Waals surface area contributed by atoms with Crippen LogP contribution in [-0.4, -0.2) is 12.1 Å². The fourth-order valence-electron chi connectivity index (χ4n) is 1.10. The number of methoxy groups -OCH3 is 1. The lowest BCUT2D eigenvalue weighted by Gasteiger charge is -2.11. The number of hydrogen-bond acceptors (Lipinski definition) is 3. The molecule has 0 aliphatic carbocycles. The van der Waals surface area contributed by atoms with Gasteiger partial charge in [-0.05, 0) is 11.6 Å². The van der Waals surface area contributed by atoms with Gasteiger partial charge in [0.2, 0.25) is 5.88 Å². The van der Waals surface area contributed by atoms with Crippen LogP contribution in [0.25, 0.3) is 0 Å². The van der Waals surface area contributed by atoms with Gasteiger partial charge in [-0.2, -0.15) is 4.98 Å². The summed E-state index contributed by atoms with van der Waals surface area (Å²) >= 11 is 5.50. The lowest BCUT2D eigenvalue weighted by Crippen LogP contribution is -2.03. The Labute approximate surface area is 84.8 Å². The number of alkyl halides is 3. The molecule has 0 aliphatic rings. The van der Waals surface area contributed by atoms with Crippen molar-refractivity contribution < 1.29 is 13.5 Å². The summed E-state index contributed by atoms with van der Waals surface area (Å²) in [5, 5.41) is 0. The third kappa shape index (κ3) is 2.04. The number of pyridine rings is 1. The minimum Gasteiger partial charge on any atom is -0.481 e. The van der Waals surface area contributed by atoms with Gasteiger partial charge in [-0.3, -0.25) is 0 Å². The van der Waals surface area contributed by atoms with Gasteiger partial charge in [-0.15, -0.1) is 11.6 Å². The van der Waals surface area contributed by atoms with Crippen LogP contribution in [0.5, 0.6) is 5.88 Å². The molecule has 0 saturated carbocycles. The lowest BCUT2D eigenvalue weighted by molar-refractivity contribution is 0.145. The summed E-state index contributed by atoms with van der Waals surface area (Å²) in [5.41, 5.74) is 5.33. The number of nitrogens with two attached hydrogens (primary N) is 1. The standard InChI is InChI=1S/C8H9ClF2N2O/c1-14-8-6(7(10)11)4(3-9)2-5(12)13-8/h2,7H,3H2,1H3,(H2,12,13). The summed E-state index contributed by atoms with van der Waals surface area (Å²) in [6.07, 6.45) is -2.67. The molecule has 0 radical (unpaired) electrons. The van der Waals surface area contributed by atoms with Crippen LogP contribution in [0.15, 0.2) is 6.07 Å². The third-order valence-corrected chi connectivity index (χ3v) is 1.97. The third-order valence-electron chi connectivity index (χ3n) is 1.68. The number of ether oxygens (including phenoxy) is 1. The molecule has 1 rings (SSSR count). The van der Waals surface area contributed by atoms with Gasteiger partial charge >= 0.3 is 0 Å². The maximum Gasteiger partial charge on any atom is 0.269 e. The molecular weight excluding hydrogens is 214 g/mol. The number of rotatable bonds is 3. The SMILES string of the molecule is COc1nc(N)cc(CCl)c1C(F)F. The maximum atomic E-state index is 12.6. The van der Waals surface area contributed by atoms with Gasteiger partial charge in [0.15, 0.2) is 0 Å². The van der Waals surface area contributed by atoms with E-state index in [1.807, 2.05) is 0 Å². The number of aromatic nitrogens is 1. The lowest BCUT2D eigenvalue weighted by atomic mass is 10.1. The van der Waals surface area contributed by atoms with Crippen LogP contribution in [-0.2, 0) is 5.88 Å². The Morgan fingerprint density at radius 3 is 2.71 bits per heavy atom. The van der Waals surface area contributed by atoms with E-state index in [1.54, 1.807) is 0 Å². The summed E-state index contributed by atoms with van der Waals surface area (Å²) in [5.74, 6) is -0.111. The van der Waals surface area contributed by atoms with Crippen LogP contribution in [0.4, 0.5) is 14.6 Å². The van der Waals surface area contributed by atoms with Crippen molar-refractivity contribution in [2.75, 3.05) is 12.8 Å². The van der Waals surface area contributed by atoms with E-state index in [0.717, 1.165) is 0 Å². The quantitative estimate of drug-likeness (QED) is 0.799. The van der Waals surface area contributed by atoms with E-state index in [2.05, 4.69) is 4.98 Å². The highest BCUT2D eigenvalue weighted by atomic mass is 35.5. The first-order valence-corrected chi connectivity index (χ1v) is 4.31. The second kappa shape index (κ2) is 4.41. The first-order valence-electron chi connectivity index (χ1n) is 3.77. The first-order chi connectivity index (χ1) is 6.60. The van der Waals surface area contributed by atoms with Crippen molar-refractivity contribution in [2.45, 2.75) is 12.3 Å². The molecular formula is C8H9ClF2N2O. The van der Waals surface area contributed by atoms with Gasteiger partial charge in [0.05, 0.1) is 12.7 Å². The monoisotopic (exact) mass is 222 g/mol. The van der Waals surface area contributed by atoms with Crippen LogP contribution < -0.4 is 10.5 Å². The van der Waals surface area contributed by atoms with E-state index < -0.39 is 6.43 Å². The fraction of sp³-hybridized carbons (Fsp3) is 0.375. The second-order valence-corrected chi connectivity index (χ2v) is 2.83. The van der Waals surface area contributed by atoms with Gasteiger partial charge in [0, 0.05) is 5.88 Å². The molecule has 0 saturated heterocycles. The molecule has 3 nitrogen and oxygen atoms in total. The average Bonchev–Trinajstić information content (AvgIpc) is 2.15. The van der Waals surface area contributed by atoms with E-state index in [1.165, 1.54) is 13.2 Å². The van der Waals surface area contributed by atoms with Crippen molar-refractivity contribution in [3.05, 3.63) is 17.2 Å². The van der Waals surface area contributed by atoms with Crippen molar-refractivity contribution in [3.63, 3.8) is 0 Å². The summed E-state index contributed by atoms with van der Waals surface area (Å²) < 4.78 is 29.8. The molecule has 0 spiro atoms. The summed E-state index contributed by atoms with van der Waals surface area (Å²) in [4.78, 5) is 3.64. The van der Waals surface area contributed by atoms with Crippen LogP contribution in [0, 0.1) is 0 Å². The molecule has 0 atom stereocenters. The van der Waals surface area contributed by atoms with Gasteiger partial charge < -0.3 is 10.5 Å². The maximum absolute atomic E-state index is 12.6. The predicted molar refractivity (Wildman–Crippen MR) is 49.7 cm³/mol. The molecule has 0 fully saturated rings. The van der Waals surface area contributed by atoms with E-state index in [4.69, 9.17) is 22.1 Å². The minimum atomic E-state index is -2.67. The molecule has 0 aromatic carbocycles. The Balaban J connectivity index is 3.33. The molecule has 0 unspecified atom stereocenters. The van der Waals surface area contributed by atoms with Gasteiger partial charge in [-0.1, -0.05) is 0 Å². The molecule has 0 bridgehead atoms. The van der Waals surface area contributed by atoms with Crippen molar-refractivity contribution >= 4 is 17.4 Å². The molecule has 78 valence electrons. The molecule has 6 heteroatoms. The summed E-state index contributed by atoms with van der Waals surface area (Å²) in [7, 11) is 1.26. The number of nitrogens with zero attached hydrogens (tertiary/aromatic N) is 1. The molecule has 2 N–H and O–H groups in total. The molecule has 1 heterocycles. The van der Waals surface area contributed by atoms with E-state index in [9.17, 15) is 8.78 Å². The largest absolute Gasteiger partial charge is 0.481 e. The smallest absolute Gasteiger partial charge is 0.269 e. The summed E-state index contributed by atoms with van der Waals surface area (Å²) in [6, 6.07) is 1.32. The Bertz CT molecular complexity index is 308. The van der Waals surface area contributed by atoms with Gasteiger partial charge in [-0.25, -0.2) is 8.78 Å². The zero-order valence-electron chi connectivity index (χ0n) is 7.43. The van der Waals surface area contributed by atoms with Crippen molar-refractivity contribution in [1.29, 1.82) is 0 Å². The molecule has 0 amide bonds. The van der Waals surface area contributed by atoms with Crippen LogP contribution in [0.3, 0.4) is 0 Å². The molecule has 0 aliphatic heterocycles. The highest BCUT2D eigenvalue weighted by Gasteiger charge is 2.20. The second-order valence-electron chi connectivity index (χ2n) is 2.56. The van der Waals surface area contributed by atoms with Crippen LogP contribution >= 0.6 is 11.6 Å². The van der Waals surface area contributed by atoms with Crippen LogP contribution in [0.2, 0.25) is 0 Å². The van der Waals surface area contributed by atoms with Gasteiger partial charge in [0.25, 0.3) is 6.43 Å². The van der Waals surface area contributed by atoms with Crippen molar-refractivity contribution in [3.8, 4) is 5.88 Å². The van der Waals surface area contributed by atoms with E-state index >= 15 is 0 Å². The number of halogens is 3. The minimum absolute atomic E-state index is 0.0528. The zero-order valence-corrected chi connectivity index (χ0v) is 8.18. The Kier molecular flexibility index (Phi) is 3.46. The molecule has 1 aromatic rings. The van der Waals surface area contributed by atoms with E-state index in [-0.39, 0.29) is 28.7 Å². The average molecular weight is 223 g/mol. The zero-order chi connectivity index (χ0) is 10.7. The number of hydrogen-bond donors (Lipinski definition) is 1. The van der Waals surface area contributed by atoms with Crippen molar-refractivity contribution in [2.24, 2.45) is 0 Å². The topological polar surface area (TPSA) is 48.1 Å². The highest BCUT2D eigenvalue weighted by Crippen LogP contribution is 2.32.